The Balaban J connectivity index is 2.19. The molecular weight excluding hydrogens is 258 g/mol. The minimum atomic E-state index is -0.404. The molecule has 0 unspecified atom stereocenters. The number of ether oxygens (including phenoxy) is 1. The SMILES string of the molecule is COC(=O)c1ccc(C=Nc2cccc(O)c2O)cc1. The number of nitrogens with zero attached hydrogens (tertiary/aromatic N) is 1. The van der Waals surface area contributed by atoms with Crippen LogP contribution in [0.2, 0.25) is 0 Å². The summed E-state index contributed by atoms with van der Waals surface area (Å²) in [5.41, 5.74) is 1.47. The number of aromatic hydroxyl groups is 2. The molecule has 0 aromatic heterocycles. The van der Waals surface area contributed by atoms with Crippen LogP contribution < -0.4 is 0 Å². The second kappa shape index (κ2) is 5.88. The molecule has 102 valence electrons. The van der Waals surface area contributed by atoms with Gasteiger partial charge in [0, 0.05) is 6.21 Å². The van der Waals surface area contributed by atoms with Crippen molar-refractivity contribution in [3.05, 3.63) is 53.6 Å². The van der Waals surface area contributed by atoms with Crippen LogP contribution in [0, 0.1) is 0 Å². The fourth-order valence-electron chi connectivity index (χ4n) is 1.59. The van der Waals surface area contributed by atoms with Gasteiger partial charge in [0.1, 0.15) is 5.69 Å². The van der Waals surface area contributed by atoms with Crippen molar-refractivity contribution >= 4 is 17.9 Å². The molecule has 0 spiro atoms. The van der Waals surface area contributed by atoms with Crippen LogP contribution in [-0.2, 0) is 4.74 Å². The van der Waals surface area contributed by atoms with Crippen molar-refractivity contribution in [2.45, 2.75) is 0 Å². The molecule has 0 bridgehead atoms. The molecule has 5 nitrogen and oxygen atoms in total. The van der Waals surface area contributed by atoms with E-state index in [0.29, 0.717) is 5.56 Å². The number of phenolic OH excluding ortho intramolecular Hbond substituents is 2. The minimum absolute atomic E-state index is 0.222. The summed E-state index contributed by atoms with van der Waals surface area (Å²) in [6.07, 6.45) is 1.52. The van der Waals surface area contributed by atoms with E-state index in [4.69, 9.17) is 0 Å². The van der Waals surface area contributed by atoms with Gasteiger partial charge in [-0.25, -0.2) is 4.79 Å². The van der Waals surface area contributed by atoms with Crippen LogP contribution in [0.1, 0.15) is 15.9 Å². The van der Waals surface area contributed by atoms with Gasteiger partial charge in [0.05, 0.1) is 12.7 Å². The number of benzene rings is 2. The molecule has 0 saturated carbocycles. The number of esters is 1. The lowest BCUT2D eigenvalue weighted by Gasteiger charge is -2.01. The molecule has 20 heavy (non-hydrogen) atoms. The summed E-state index contributed by atoms with van der Waals surface area (Å²) < 4.78 is 4.60. The molecular formula is C15H13NO4. The lowest BCUT2D eigenvalue weighted by molar-refractivity contribution is 0.0600. The molecule has 0 atom stereocenters. The van der Waals surface area contributed by atoms with Crippen molar-refractivity contribution in [2.75, 3.05) is 7.11 Å². The maximum atomic E-state index is 11.3. The van der Waals surface area contributed by atoms with E-state index in [9.17, 15) is 15.0 Å². The van der Waals surface area contributed by atoms with E-state index >= 15 is 0 Å². The van der Waals surface area contributed by atoms with Gasteiger partial charge in [-0.3, -0.25) is 4.99 Å². The van der Waals surface area contributed by atoms with Gasteiger partial charge < -0.3 is 14.9 Å². The molecule has 5 heteroatoms. The highest BCUT2D eigenvalue weighted by Crippen LogP contribution is 2.34. The number of hydrogen-bond acceptors (Lipinski definition) is 5. The second-order valence-corrected chi connectivity index (χ2v) is 4.02. The Kier molecular flexibility index (Phi) is 4.00. The molecule has 0 fully saturated rings. The first-order valence-electron chi connectivity index (χ1n) is 5.85. The molecule has 2 rings (SSSR count). The first kappa shape index (κ1) is 13.6. The largest absolute Gasteiger partial charge is 0.504 e. The van der Waals surface area contributed by atoms with Gasteiger partial charge in [0.2, 0.25) is 0 Å². The topological polar surface area (TPSA) is 79.1 Å². The van der Waals surface area contributed by atoms with E-state index in [1.807, 2.05) is 0 Å². The zero-order valence-electron chi connectivity index (χ0n) is 10.8. The first-order chi connectivity index (χ1) is 9.61. The lowest BCUT2D eigenvalue weighted by atomic mass is 10.1. The number of aliphatic imine (C=N–C) groups is 1. The third kappa shape index (κ3) is 2.95. The van der Waals surface area contributed by atoms with Crippen LogP contribution in [-0.4, -0.2) is 29.5 Å². The number of carbonyl (C=O) groups is 1. The molecule has 0 saturated heterocycles. The van der Waals surface area contributed by atoms with E-state index in [1.165, 1.54) is 19.4 Å². The van der Waals surface area contributed by atoms with Gasteiger partial charge in [-0.05, 0) is 29.8 Å². The summed E-state index contributed by atoms with van der Waals surface area (Å²) >= 11 is 0. The molecule has 0 aliphatic rings. The van der Waals surface area contributed by atoms with Crippen molar-refractivity contribution in [3.63, 3.8) is 0 Å². The zero-order chi connectivity index (χ0) is 14.5. The fraction of sp³-hybridized carbons (Fsp3) is 0.0667. The van der Waals surface area contributed by atoms with Crippen molar-refractivity contribution in [3.8, 4) is 11.5 Å². The Bertz CT molecular complexity index is 647. The van der Waals surface area contributed by atoms with Gasteiger partial charge in [-0.15, -0.1) is 0 Å². The van der Waals surface area contributed by atoms with Gasteiger partial charge in [-0.1, -0.05) is 18.2 Å². The number of phenols is 2. The van der Waals surface area contributed by atoms with Crippen molar-refractivity contribution in [1.29, 1.82) is 0 Å². The standard InChI is InChI=1S/C15H13NO4/c1-20-15(19)11-7-5-10(6-8-11)9-16-12-3-2-4-13(17)14(12)18/h2-9,17-18H,1H3. The highest BCUT2D eigenvalue weighted by Gasteiger charge is 2.05. The molecule has 0 radical (unpaired) electrons. The lowest BCUT2D eigenvalue weighted by Crippen LogP contribution is -2.00. The van der Waals surface area contributed by atoms with Crippen molar-refractivity contribution in [2.24, 2.45) is 4.99 Å². The summed E-state index contributed by atoms with van der Waals surface area (Å²) in [6, 6.07) is 11.2. The van der Waals surface area contributed by atoms with Gasteiger partial charge in [0.25, 0.3) is 0 Å². The van der Waals surface area contributed by atoms with E-state index in [1.54, 1.807) is 36.4 Å². The highest BCUT2D eigenvalue weighted by atomic mass is 16.5. The monoisotopic (exact) mass is 271 g/mol. The summed E-state index contributed by atoms with van der Waals surface area (Å²) in [5.74, 6) is -0.894. The Hall–Kier alpha value is -2.82. The molecule has 0 aliphatic carbocycles. The van der Waals surface area contributed by atoms with Crippen molar-refractivity contribution < 1.29 is 19.7 Å². The highest BCUT2D eigenvalue weighted by molar-refractivity contribution is 5.91. The predicted molar refractivity (Wildman–Crippen MR) is 74.8 cm³/mol. The average Bonchev–Trinajstić information content (AvgIpc) is 2.48. The Morgan fingerprint density at radius 1 is 1.15 bits per heavy atom. The van der Waals surface area contributed by atoms with E-state index in [0.717, 1.165) is 5.56 Å². The first-order valence-corrected chi connectivity index (χ1v) is 5.85. The maximum Gasteiger partial charge on any atom is 0.337 e. The fourth-order valence-corrected chi connectivity index (χ4v) is 1.59. The number of para-hydroxylation sites is 1. The molecule has 2 aromatic rings. The Labute approximate surface area is 115 Å². The summed E-state index contributed by atoms with van der Waals surface area (Å²) in [7, 11) is 1.32. The molecule has 0 aliphatic heterocycles. The summed E-state index contributed by atoms with van der Waals surface area (Å²) in [4.78, 5) is 15.3. The molecule has 0 amide bonds. The smallest absolute Gasteiger partial charge is 0.337 e. The van der Waals surface area contributed by atoms with Crippen LogP contribution >= 0.6 is 0 Å². The van der Waals surface area contributed by atoms with Crippen LogP contribution in [0.5, 0.6) is 11.5 Å². The third-order valence-corrected chi connectivity index (χ3v) is 2.68. The number of hydrogen-bond donors (Lipinski definition) is 2. The maximum absolute atomic E-state index is 11.3. The number of carbonyl (C=O) groups excluding carboxylic acids is 1. The molecule has 2 aromatic carbocycles. The van der Waals surface area contributed by atoms with Crippen LogP contribution in [0.3, 0.4) is 0 Å². The van der Waals surface area contributed by atoms with Crippen LogP contribution in [0.15, 0.2) is 47.5 Å². The van der Waals surface area contributed by atoms with E-state index in [-0.39, 0.29) is 17.2 Å². The average molecular weight is 271 g/mol. The third-order valence-electron chi connectivity index (χ3n) is 2.68. The summed E-state index contributed by atoms with van der Waals surface area (Å²) in [5, 5.41) is 18.9. The Morgan fingerprint density at radius 3 is 2.50 bits per heavy atom. The van der Waals surface area contributed by atoms with Gasteiger partial charge in [-0.2, -0.15) is 0 Å². The Morgan fingerprint density at radius 2 is 1.85 bits per heavy atom. The van der Waals surface area contributed by atoms with E-state index in [2.05, 4.69) is 9.73 Å². The quantitative estimate of drug-likeness (QED) is 0.511. The molecule has 2 N–H and O–H groups in total. The molecule has 0 heterocycles. The minimum Gasteiger partial charge on any atom is -0.504 e. The second-order valence-electron chi connectivity index (χ2n) is 4.02. The number of methoxy groups -OCH3 is 1. The zero-order valence-corrected chi connectivity index (χ0v) is 10.8. The number of rotatable bonds is 3. The van der Waals surface area contributed by atoms with Gasteiger partial charge in [0.15, 0.2) is 11.5 Å². The van der Waals surface area contributed by atoms with Gasteiger partial charge >= 0.3 is 5.97 Å². The summed E-state index contributed by atoms with van der Waals surface area (Å²) in [6.45, 7) is 0. The van der Waals surface area contributed by atoms with Crippen LogP contribution in [0.25, 0.3) is 0 Å². The van der Waals surface area contributed by atoms with Crippen molar-refractivity contribution in [1.82, 2.24) is 0 Å². The normalized spacial score (nSPS) is 10.7. The van der Waals surface area contributed by atoms with E-state index < -0.39 is 5.97 Å². The predicted octanol–water partition coefficient (Wildman–Crippen LogP) is 2.64. The van der Waals surface area contributed by atoms with Crippen LogP contribution in [0.4, 0.5) is 5.69 Å².